The van der Waals surface area contributed by atoms with E-state index in [9.17, 15) is 5.11 Å². The molecule has 4 aromatic rings. The zero-order valence-corrected chi connectivity index (χ0v) is 13.5. The minimum atomic E-state index is -0.172. The second-order valence-electron chi connectivity index (χ2n) is 4.89. The summed E-state index contributed by atoms with van der Waals surface area (Å²) in [6.45, 7) is 0. The fourth-order valence-corrected chi connectivity index (χ4v) is 3.17. The number of pyridine rings is 1. The van der Waals surface area contributed by atoms with Crippen LogP contribution < -0.4 is 9.62 Å². The van der Waals surface area contributed by atoms with Crippen molar-refractivity contribution in [1.29, 1.82) is 0 Å². The molecule has 0 N–H and O–H groups in total. The highest BCUT2D eigenvalue weighted by Crippen LogP contribution is 2.26. The van der Waals surface area contributed by atoms with E-state index in [0.29, 0.717) is 16.2 Å². The van der Waals surface area contributed by atoms with E-state index in [4.69, 9.17) is 11.6 Å². The van der Waals surface area contributed by atoms with E-state index in [-0.39, 0.29) is 5.88 Å². The summed E-state index contributed by atoms with van der Waals surface area (Å²) in [6.07, 6.45) is 0. The highest BCUT2D eigenvalue weighted by atomic mass is 79.9. The molecule has 0 aliphatic rings. The van der Waals surface area contributed by atoms with E-state index in [0.717, 1.165) is 15.4 Å². The fraction of sp³-hybridized carbons (Fsp3) is 0. The lowest BCUT2D eigenvalue weighted by Crippen LogP contribution is -2.25. The van der Waals surface area contributed by atoms with E-state index in [1.54, 1.807) is 34.8 Å². The van der Waals surface area contributed by atoms with E-state index in [1.165, 1.54) is 4.68 Å². The number of benzene rings is 2. The van der Waals surface area contributed by atoms with Crippen LogP contribution in [0.1, 0.15) is 0 Å². The van der Waals surface area contributed by atoms with Crippen LogP contribution in [0.25, 0.3) is 22.1 Å². The molecule has 0 fully saturated rings. The summed E-state index contributed by atoms with van der Waals surface area (Å²) in [6, 6.07) is 16.6. The summed E-state index contributed by atoms with van der Waals surface area (Å²) >= 11 is 9.42. The standard InChI is InChI=1S/C16H9BrClN3O/c17-13-9-15-16(22)20(11-7-5-10(18)6-8-11)19-21(15)14-4-2-1-3-12(13)14/h1-9H. The number of hydrogen-bond donors (Lipinski definition) is 0. The van der Waals surface area contributed by atoms with Crippen LogP contribution in [-0.2, 0) is 0 Å². The Morgan fingerprint density at radius 3 is 2.55 bits per heavy atom. The molecule has 0 radical (unpaired) electrons. The van der Waals surface area contributed by atoms with Crippen LogP contribution in [0.3, 0.4) is 0 Å². The van der Waals surface area contributed by atoms with Crippen LogP contribution in [0.15, 0.2) is 59.1 Å². The van der Waals surface area contributed by atoms with E-state index in [1.807, 2.05) is 24.3 Å². The fourth-order valence-electron chi connectivity index (χ4n) is 2.49. The molecule has 0 saturated carbocycles. The molecule has 0 amide bonds. The lowest BCUT2D eigenvalue weighted by molar-refractivity contribution is -0.556. The van der Waals surface area contributed by atoms with Gasteiger partial charge in [-0.3, -0.25) is 0 Å². The van der Waals surface area contributed by atoms with Gasteiger partial charge in [0.1, 0.15) is 11.1 Å². The molecule has 108 valence electrons. The van der Waals surface area contributed by atoms with Crippen molar-refractivity contribution in [2.24, 2.45) is 0 Å². The minimum absolute atomic E-state index is 0.172. The van der Waals surface area contributed by atoms with Crippen molar-refractivity contribution in [1.82, 2.24) is 9.90 Å². The number of hydrogen-bond acceptors (Lipinski definition) is 2. The van der Waals surface area contributed by atoms with Gasteiger partial charge < -0.3 is 5.11 Å². The molecule has 0 saturated heterocycles. The first kappa shape index (κ1) is 13.5. The maximum Gasteiger partial charge on any atom is 0.192 e. The van der Waals surface area contributed by atoms with Crippen molar-refractivity contribution in [2.75, 3.05) is 0 Å². The molecule has 0 atom stereocenters. The predicted molar refractivity (Wildman–Crippen MR) is 86.4 cm³/mol. The van der Waals surface area contributed by atoms with Gasteiger partial charge in [-0.2, -0.15) is 0 Å². The summed E-state index contributed by atoms with van der Waals surface area (Å²) < 4.78 is 3.91. The highest BCUT2D eigenvalue weighted by Gasteiger charge is 2.18. The second-order valence-corrected chi connectivity index (χ2v) is 6.18. The third kappa shape index (κ3) is 1.97. The summed E-state index contributed by atoms with van der Waals surface area (Å²) in [5.74, 6) is -0.172. The zero-order valence-electron chi connectivity index (χ0n) is 11.2. The Balaban J connectivity index is 2.08. The maximum atomic E-state index is 12.6. The van der Waals surface area contributed by atoms with E-state index in [2.05, 4.69) is 21.1 Å². The van der Waals surface area contributed by atoms with Crippen LogP contribution in [0.2, 0.25) is 5.02 Å². The van der Waals surface area contributed by atoms with Crippen LogP contribution in [-0.4, -0.2) is 9.90 Å². The third-order valence-corrected chi connectivity index (χ3v) is 4.45. The van der Waals surface area contributed by atoms with Gasteiger partial charge in [-0.1, -0.05) is 28.2 Å². The van der Waals surface area contributed by atoms with Crippen LogP contribution in [0, 0.1) is 0 Å². The third-order valence-electron chi connectivity index (χ3n) is 3.54. The van der Waals surface area contributed by atoms with Crippen molar-refractivity contribution in [3.8, 4) is 11.6 Å². The average molecular weight is 375 g/mol. The minimum Gasteiger partial charge on any atom is -0.837 e. The molecule has 2 aromatic carbocycles. The van der Waals surface area contributed by atoms with Gasteiger partial charge in [-0.05, 0) is 52.3 Å². The first-order chi connectivity index (χ1) is 10.6. The van der Waals surface area contributed by atoms with Crippen molar-refractivity contribution >= 4 is 44.0 Å². The van der Waals surface area contributed by atoms with Gasteiger partial charge in [-0.15, -0.1) is 4.68 Å². The van der Waals surface area contributed by atoms with E-state index < -0.39 is 0 Å². The Morgan fingerprint density at radius 1 is 1.05 bits per heavy atom. The van der Waals surface area contributed by atoms with Crippen molar-refractivity contribution < 1.29 is 9.62 Å². The van der Waals surface area contributed by atoms with Gasteiger partial charge in [-0.25, -0.2) is 0 Å². The first-order valence-electron chi connectivity index (χ1n) is 6.60. The lowest BCUT2D eigenvalue weighted by atomic mass is 10.2. The SMILES string of the molecule is [O-]c1c2cc(Br)c3ccccc3[n+]2nn1-c1ccc(Cl)cc1. The summed E-state index contributed by atoms with van der Waals surface area (Å²) in [4.78, 5) is 0. The van der Waals surface area contributed by atoms with Crippen LogP contribution in [0.5, 0.6) is 5.88 Å². The Hall–Kier alpha value is -2.11. The Kier molecular flexibility index (Phi) is 3.06. The summed E-state index contributed by atoms with van der Waals surface area (Å²) in [5, 5.41) is 18.7. The molecular formula is C16H9BrClN3O. The molecular weight excluding hydrogens is 366 g/mol. The highest BCUT2D eigenvalue weighted by molar-refractivity contribution is 9.10. The summed E-state index contributed by atoms with van der Waals surface area (Å²) in [7, 11) is 0. The second kappa shape index (κ2) is 4.97. The molecule has 2 aromatic heterocycles. The number of aromatic nitrogens is 3. The molecule has 0 spiro atoms. The number of nitrogens with zero attached hydrogens (tertiary/aromatic N) is 3. The van der Waals surface area contributed by atoms with Crippen molar-refractivity contribution in [3.05, 3.63) is 64.1 Å². The van der Waals surface area contributed by atoms with Gasteiger partial charge in [0.05, 0.1) is 0 Å². The zero-order chi connectivity index (χ0) is 15.3. The molecule has 4 rings (SSSR count). The number of rotatable bonds is 1. The number of halogens is 2. The lowest BCUT2D eigenvalue weighted by Gasteiger charge is -2.01. The van der Waals surface area contributed by atoms with Crippen LogP contribution in [0.4, 0.5) is 0 Å². The molecule has 0 bridgehead atoms. The smallest absolute Gasteiger partial charge is 0.192 e. The predicted octanol–water partition coefficient (Wildman–Crippen LogP) is 3.25. The molecule has 22 heavy (non-hydrogen) atoms. The van der Waals surface area contributed by atoms with E-state index >= 15 is 0 Å². The maximum absolute atomic E-state index is 12.6. The van der Waals surface area contributed by atoms with Gasteiger partial charge in [0.15, 0.2) is 16.7 Å². The largest absolute Gasteiger partial charge is 0.837 e. The quantitative estimate of drug-likeness (QED) is 0.480. The number of para-hydroxylation sites is 1. The number of fused-ring (bicyclic) bond motifs is 3. The molecule has 4 nitrogen and oxygen atoms in total. The molecule has 0 unspecified atom stereocenters. The average Bonchev–Trinajstić information content (AvgIpc) is 2.86. The monoisotopic (exact) mass is 373 g/mol. The Bertz CT molecular complexity index is 1010. The normalized spacial score (nSPS) is 11.4. The first-order valence-corrected chi connectivity index (χ1v) is 7.77. The topological polar surface area (TPSA) is 45.0 Å². The van der Waals surface area contributed by atoms with Gasteiger partial charge >= 0.3 is 0 Å². The van der Waals surface area contributed by atoms with Gasteiger partial charge in [0, 0.05) is 20.9 Å². The van der Waals surface area contributed by atoms with Crippen molar-refractivity contribution in [2.45, 2.75) is 0 Å². The van der Waals surface area contributed by atoms with Gasteiger partial charge in [0.25, 0.3) is 0 Å². The summed E-state index contributed by atoms with van der Waals surface area (Å²) in [5.41, 5.74) is 2.07. The molecule has 0 aliphatic heterocycles. The van der Waals surface area contributed by atoms with Crippen LogP contribution >= 0.6 is 27.5 Å². The Labute approximate surface area is 139 Å². The van der Waals surface area contributed by atoms with Crippen molar-refractivity contribution in [3.63, 3.8) is 0 Å². The van der Waals surface area contributed by atoms with Gasteiger partial charge in [0.2, 0.25) is 0 Å². The molecule has 0 aliphatic carbocycles. The Morgan fingerprint density at radius 2 is 1.77 bits per heavy atom. The molecule has 6 heteroatoms. The molecule has 2 heterocycles.